The molecule has 0 aliphatic carbocycles. The average molecular weight is 391 g/mol. The van der Waals surface area contributed by atoms with Gasteiger partial charge >= 0.3 is 0 Å². The van der Waals surface area contributed by atoms with E-state index in [4.69, 9.17) is 9.88 Å². The third kappa shape index (κ3) is 5.55. The summed E-state index contributed by atoms with van der Waals surface area (Å²) in [6.07, 6.45) is 0. The van der Waals surface area contributed by atoms with Gasteiger partial charge in [-0.1, -0.05) is 38.1 Å². The molecule has 1 amide bonds. The lowest BCUT2D eigenvalue weighted by Crippen LogP contribution is -2.33. The highest BCUT2D eigenvalue weighted by atomic mass is 32.2. The monoisotopic (exact) mass is 390 g/mol. The minimum absolute atomic E-state index is 0.0424. The Kier molecular flexibility index (Phi) is 6.62. The maximum atomic E-state index is 12.5. The number of carbonyl (C=O) groups is 1. The van der Waals surface area contributed by atoms with Crippen LogP contribution in [0.15, 0.2) is 53.4 Å². The molecule has 0 fully saturated rings. The molecular weight excluding hydrogens is 364 g/mol. The van der Waals surface area contributed by atoms with Gasteiger partial charge in [-0.25, -0.2) is 13.6 Å². The van der Waals surface area contributed by atoms with E-state index in [1.54, 1.807) is 24.1 Å². The lowest BCUT2D eigenvalue weighted by molar-refractivity contribution is -0.134. The summed E-state index contributed by atoms with van der Waals surface area (Å²) in [7, 11) is -2.04. The van der Waals surface area contributed by atoms with Crippen molar-refractivity contribution in [3.05, 3.63) is 59.7 Å². The third-order valence-electron chi connectivity index (χ3n) is 4.55. The molecule has 0 aliphatic rings. The van der Waals surface area contributed by atoms with Crippen LogP contribution in [-0.2, 0) is 14.8 Å². The van der Waals surface area contributed by atoms with Gasteiger partial charge in [0.05, 0.1) is 10.9 Å². The van der Waals surface area contributed by atoms with E-state index in [9.17, 15) is 13.2 Å². The number of sulfonamides is 1. The molecule has 0 heterocycles. The molecule has 2 rings (SSSR count). The van der Waals surface area contributed by atoms with Gasteiger partial charge in [-0.05, 0) is 48.2 Å². The highest BCUT2D eigenvalue weighted by molar-refractivity contribution is 7.89. The Hall–Kier alpha value is -2.38. The normalized spacial score (nSPS) is 12.7. The van der Waals surface area contributed by atoms with Crippen LogP contribution in [0.3, 0.4) is 0 Å². The molecule has 7 heteroatoms. The number of hydrogen-bond acceptors (Lipinski definition) is 4. The molecule has 1 unspecified atom stereocenters. The van der Waals surface area contributed by atoms with Crippen molar-refractivity contribution < 1.29 is 17.9 Å². The van der Waals surface area contributed by atoms with E-state index in [0.29, 0.717) is 11.7 Å². The molecule has 2 N–H and O–H groups in total. The fourth-order valence-corrected chi connectivity index (χ4v) is 3.10. The van der Waals surface area contributed by atoms with Crippen LogP contribution in [0.1, 0.15) is 43.9 Å². The van der Waals surface area contributed by atoms with Gasteiger partial charge in [-0.2, -0.15) is 0 Å². The van der Waals surface area contributed by atoms with E-state index in [0.717, 1.165) is 11.1 Å². The number of amides is 1. The number of primary sulfonamides is 1. The molecule has 146 valence electrons. The molecule has 0 saturated heterocycles. The summed E-state index contributed by atoms with van der Waals surface area (Å²) in [5.41, 5.74) is 1.96. The molecule has 6 nitrogen and oxygen atoms in total. The van der Waals surface area contributed by atoms with Gasteiger partial charge in [0.25, 0.3) is 5.91 Å². The van der Waals surface area contributed by atoms with Gasteiger partial charge in [0.1, 0.15) is 5.75 Å². The number of carbonyl (C=O) groups excluding carboxylic acids is 1. The van der Waals surface area contributed by atoms with E-state index in [-0.39, 0.29) is 23.5 Å². The van der Waals surface area contributed by atoms with E-state index in [1.807, 2.05) is 31.2 Å². The second kappa shape index (κ2) is 8.54. The van der Waals surface area contributed by atoms with Crippen molar-refractivity contribution in [3.8, 4) is 5.75 Å². The zero-order valence-corrected chi connectivity index (χ0v) is 16.9. The van der Waals surface area contributed by atoms with Crippen LogP contribution in [0.4, 0.5) is 0 Å². The second-order valence-electron chi connectivity index (χ2n) is 6.81. The number of rotatable bonds is 7. The summed E-state index contributed by atoms with van der Waals surface area (Å²) < 4.78 is 28.3. The van der Waals surface area contributed by atoms with Gasteiger partial charge in [-0.15, -0.1) is 0 Å². The first-order valence-electron chi connectivity index (χ1n) is 8.70. The number of benzene rings is 2. The molecule has 0 aromatic heterocycles. The van der Waals surface area contributed by atoms with Gasteiger partial charge in [-0.3, -0.25) is 4.79 Å². The molecule has 1 atom stereocenters. The quantitative estimate of drug-likeness (QED) is 0.787. The van der Waals surface area contributed by atoms with Crippen LogP contribution in [0.25, 0.3) is 0 Å². The highest BCUT2D eigenvalue weighted by Crippen LogP contribution is 2.22. The zero-order chi connectivity index (χ0) is 20.2. The van der Waals surface area contributed by atoms with Crippen molar-refractivity contribution in [2.45, 2.75) is 37.6 Å². The molecule has 0 spiro atoms. The summed E-state index contributed by atoms with van der Waals surface area (Å²) in [4.78, 5) is 14.1. The van der Waals surface area contributed by atoms with Crippen molar-refractivity contribution in [3.63, 3.8) is 0 Å². The Morgan fingerprint density at radius 1 is 1.07 bits per heavy atom. The minimum atomic E-state index is -3.73. The molecule has 0 bridgehead atoms. The smallest absolute Gasteiger partial charge is 0.260 e. The molecular formula is C20H26N2O4S. The third-order valence-corrected chi connectivity index (χ3v) is 5.48. The van der Waals surface area contributed by atoms with E-state index in [1.165, 1.54) is 12.1 Å². The Bertz CT molecular complexity index is 892. The largest absolute Gasteiger partial charge is 0.484 e. The molecule has 0 radical (unpaired) electrons. The summed E-state index contributed by atoms with van der Waals surface area (Å²) in [5.74, 6) is 0.869. The van der Waals surface area contributed by atoms with Crippen molar-refractivity contribution >= 4 is 15.9 Å². The van der Waals surface area contributed by atoms with Crippen molar-refractivity contribution in [2.75, 3.05) is 13.7 Å². The number of nitrogens with two attached hydrogens (primary N) is 1. The van der Waals surface area contributed by atoms with Gasteiger partial charge in [0.15, 0.2) is 6.61 Å². The number of nitrogens with zero attached hydrogens (tertiary/aromatic N) is 1. The number of hydrogen-bond donors (Lipinski definition) is 1. The van der Waals surface area contributed by atoms with Crippen LogP contribution in [0.5, 0.6) is 5.75 Å². The van der Waals surface area contributed by atoms with Gasteiger partial charge in [0.2, 0.25) is 10.0 Å². The van der Waals surface area contributed by atoms with Crippen LogP contribution in [0, 0.1) is 0 Å². The summed E-state index contributed by atoms with van der Waals surface area (Å²) in [6.45, 7) is 5.99. The van der Waals surface area contributed by atoms with Crippen molar-refractivity contribution in [2.24, 2.45) is 5.14 Å². The first-order chi connectivity index (χ1) is 12.6. The van der Waals surface area contributed by atoms with Crippen molar-refractivity contribution in [1.29, 1.82) is 0 Å². The fourth-order valence-electron chi connectivity index (χ4n) is 2.59. The first kappa shape index (κ1) is 20.9. The number of likely N-dealkylation sites (N-methyl/N-ethyl adjacent to an activating group) is 1. The van der Waals surface area contributed by atoms with Crippen LogP contribution in [-0.4, -0.2) is 32.9 Å². The van der Waals surface area contributed by atoms with Gasteiger partial charge < -0.3 is 9.64 Å². The SMILES string of the molecule is CC(C)c1cccc(OCC(=O)N(C)C(C)c2ccc(S(N)(=O)=O)cc2)c1. The van der Waals surface area contributed by atoms with Crippen molar-refractivity contribution in [1.82, 2.24) is 4.90 Å². The molecule has 2 aromatic carbocycles. The summed E-state index contributed by atoms with van der Waals surface area (Å²) >= 11 is 0. The number of ether oxygens (including phenoxy) is 1. The first-order valence-corrected chi connectivity index (χ1v) is 10.3. The van der Waals surface area contributed by atoms with Crippen LogP contribution >= 0.6 is 0 Å². The maximum Gasteiger partial charge on any atom is 0.260 e. The Morgan fingerprint density at radius 2 is 1.70 bits per heavy atom. The predicted molar refractivity (Wildman–Crippen MR) is 105 cm³/mol. The van der Waals surface area contributed by atoms with E-state index in [2.05, 4.69) is 13.8 Å². The zero-order valence-electron chi connectivity index (χ0n) is 16.0. The Morgan fingerprint density at radius 3 is 2.26 bits per heavy atom. The summed E-state index contributed by atoms with van der Waals surface area (Å²) in [5, 5.41) is 5.11. The molecule has 2 aromatic rings. The second-order valence-corrected chi connectivity index (χ2v) is 8.37. The van der Waals surface area contributed by atoms with Crippen LogP contribution < -0.4 is 9.88 Å². The minimum Gasteiger partial charge on any atom is -0.484 e. The van der Waals surface area contributed by atoms with E-state index < -0.39 is 10.0 Å². The Balaban J connectivity index is 2.01. The molecule has 0 saturated carbocycles. The fraction of sp³-hybridized carbons (Fsp3) is 0.350. The lowest BCUT2D eigenvalue weighted by Gasteiger charge is -2.25. The standard InChI is InChI=1S/C20H26N2O4S/c1-14(2)17-6-5-7-18(12-17)26-13-20(23)22(4)15(3)16-8-10-19(11-9-16)27(21,24)25/h5-12,14-15H,13H2,1-4H3,(H2,21,24,25). The van der Waals surface area contributed by atoms with E-state index >= 15 is 0 Å². The van der Waals surface area contributed by atoms with Gasteiger partial charge in [0, 0.05) is 7.05 Å². The highest BCUT2D eigenvalue weighted by Gasteiger charge is 2.19. The topological polar surface area (TPSA) is 89.7 Å². The predicted octanol–water partition coefficient (Wildman–Crippen LogP) is 3.06. The molecule has 0 aliphatic heterocycles. The Labute approximate surface area is 161 Å². The van der Waals surface area contributed by atoms with Crippen LogP contribution in [0.2, 0.25) is 0 Å². The molecule has 27 heavy (non-hydrogen) atoms. The summed E-state index contributed by atoms with van der Waals surface area (Å²) in [6, 6.07) is 13.6. The average Bonchev–Trinajstić information content (AvgIpc) is 2.64. The maximum absolute atomic E-state index is 12.5. The lowest BCUT2D eigenvalue weighted by atomic mass is 10.0.